The van der Waals surface area contributed by atoms with E-state index in [2.05, 4.69) is 33.9 Å². The summed E-state index contributed by atoms with van der Waals surface area (Å²) in [6.07, 6.45) is 5.08. The second-order valence-corrected chi connectivity index (χ2v) is 16.7. The summed E-state index contributed by atoms with van der Waals surface area (Å²) in [4.78, 5) is 49.8. The Morgan fingerprint density at radius 3 is 2.30 bits per heavy atom. The van der Waals surface area contributed by atoms with Crippen molar-refractivity contribution in [3.8, 4) is 0 Å². The van der Waals surface area contributed by atoms with Gasteiger partial charge in [0.2, 0.25) is 23.6 Å². The van der Waals surface area contributed by atoms with Crippen LogP contribution in [0.5, 0.6) is 0 Å². The molecule has 0 radical (unpaired) electrons. The third-order valence-corrected chi connectivity index (χ3v) is 13.4. The maximum Gasteiger partial charge on any atom is 0.410 e. The van der Waals surface area contributed by atoms with Crippen molar-refractivity contribution in [3.05, 3.63) is 76.4 Å². The van der Waals surface area contributed by atoms with E-state index in [-0.39, 0.29) is 69.2 Å². The fraction of sp³-hybridized carbons (Fsp3) is 0.590. The van der Waals surface area contributed by atoms with Gasteiger partial charge in [-0.3, -0.25) is 9.59 Å². The van der Waals surface area contributed by atoms with E-state index in [0.717, 1.165) is 36.3 Å². The number of halogens is 3. The zero-order valence-corrected chi connectivity index (χ0v) is 31.0. The highest BCUT2D eigenvalue weighted by Gasteiger charge is 2.71. The SMILES string of the molecule is C=CCOC(=O)N1CC(c2nnc(C(C(=O)N3CCC(c4nccs4)CC3)c3ccc(C4CCCCC4)cc3)o2)C2(C1)CN(C(=O)C1(C(F)(F)F)CC1)C2. The third kappa shape index (κ3) is 6.70. The van der Waals surface area contributed by atoms with Gasteiger partial charge in [-0.15, -0.1) is 21.5 Å². The number of hydrogen-bond acceptors (Lipinski definition) is 9. The van der Waals surface area contributed by atoms with E-state index in [9.17, 15) is 27.6 Å². The van der Waals surface area contributed by atoms with Gasteiger partial charge in [-0.05, 0) is 55.6 Å². The van der Waals surface area contributed by atoms with Crippen molar-refractivity contribution < 1.29 is 36.7 Å². The van der Waals surface area contributed by atoms with Crippen LogP contribution in [0.2, 0.25) is 0 Å². The molecule has 288 valence electrons. The van der Waals surface area contributed by atoms with Crippen LogP contribution in [0.1, 0.15) is 109 Å². The van der Waals surface area contributed by atoms with Crippen molar-refractivity contribution in [2.24, 2.45) is 10.8 Å². The molecule has 3 aliphatic heterocycles. The van der Waals surface area contributed by atoms with Crippen LogP contribution in [0, 0.1) is 10.8 Å². The number of aromatic nitrogens is 3. The Hall–Kier alpha value is -4.27. The molecule has 2 unspecified atom stereocenters. The maximum absolute atomic E-state index is 14.5. The molecule has 15 heteroatoms. The molecule has 54 heavy (non-hydrogen) atoms. The lowest BCUT2D eigenvalue weighted by atomic mass is 9.71. The zero-order valence-electron chi connectivity index (χ0n) is 30.1. The minimum atomic E-state index is -4.63. The second-order valence-electron chi connectivity index (χ2n) is 15.8. The van der Waals surface area contributed by atoms with Crippen LogP contribution in [-0.2, 0) is 14.3 Å². The van der Waals surface area contributed by atoms with E-state index in [1.165, 1.54) is 40.7 Å². The van der Waals surface area contributed by atoms with Gasteiger partial charge in [0, 0.05) is 62.2 Å². The molecule has 8 rings (SSSR count). The first-order chi connectivity index (χ1) is 26.0. The first-order valence-corrected chi connectivity index (χ1v) is 19.9. The van der Waals surface area contributed by atoms with Gasteiger partial charge in [0.15, 0.2) is 0 Å². The van der Waals surface area contributed by atoms with Gasteiger partial charge in [0.05, 0.1) is 10.9 Å². The molecule has 5 fully saturated rings. The minimum absolute atomic E-state index is 0.00366. The lowest BCUT2D eigenvalue weighted by molar-refractivity contribution is -0.204. The molecule has 5 aliphatic rings. The number of alkyl halides is 3. The summed E-state index contributed by atoms with van der Waals surface area (Å²) in [5.41, 5.74) is -1.18. The van der Waals surface area contributed by atoms with E-state index < -0.39 is 40.8 Å². The first kappa shape index (κ1) is 36.7. The van der Waals surface area contributed by atoms with Gasteiger partial charge >= 0.3 is 12.3 Å². The Bertz CT molecular complexity index is 1840. The number of rotatable bonds is 9. The monoisotopic (exact) mass is 766 g/mol. The number of likely N-dealkylation sites (tertiary alicyclic amines) is 3. The second kappa shape index (κ2) is 14.4. The number of hydrogen-bond donors (Lipinski definition) is 0. The molecule has 5 heterocycles. The number of ether oxygens (including phenoxy) is 1. The maximum atomic E-state index is 14.5. The molecule has 2 aromatic heterocycles. The van der Waals surface area contributed by atoms with Crippen molar-refractivity contribution in [2.75, 3.05) is 45.9 Å². The number of carbonyl (C=O) groups excluding carboxylic acids is 3. The molecule has 11 nitrogen and oxygen atoms in total. The predicted octanol–water partition coefficient (Wildman–Crippen LogP) is 7.00. The predicted molar refractivity (Wildman–Crippen MR) is 192 cm³/mol. The molecule has 0 bridgehead atoms. The van der Waals surface area contributed by atoms with Gasteiger partial charge in [-0.1, -0.05) is 56.2 Å². The average molecular weight is 767 g/mol. The Morgan fingerprint density at radius 1 is 0.963 bits per heavy atom. The fourth-order valence-corrected chi connectivity index (χ4v) is 9.96. The van der Waals surface area contributed by atoms with Gasteiger partial charge in [0.1, 0.15) is 17.9 Å². The van der Waals surface area contributed by atoms with Gasteiger partial charge in [-0.2, -0.15) is 13.2 Å². The number of nitrogens with zero attached hydrogens (tertiary/aromatic N) is 6. The third-order valence-electron chi connectivity index (χ3n) is 12.4. The highest BCUT2D eigenvalue weighted by atomic mass is 32.1. The summed E-state index contributed by atoms with van der Waals surface area (Å²) in [6, 6.07) is 8.17. The highest BCUT2D eigenvalue weighted by molar-refractivity contribution is 7.09. The summed E-state index contributed by atoms with van der Waals surface area (Å²) in [6.45, 7) is 4.91. The Kier molecular flexibility index (Phi) is 9.80. The number of benzene rings is 1. The Morgan fingerprint density at radius 2 is 1.67 bits per heavy atom. The number of amides is 3. The summed E-state index contributed by atoms with van der Waals surface area (Å²) in [5, 5.41) is 11.9. The van der Waals surface area contributed by atoms with E-state index in [0.29, 0.717) is 19.0 Å². The normalized spacial score (nSPS) is 23.2. The van der Waals surface area contributed by atoms with Crippen LogP contribution in [0.15, 0.2) is 52.9 Å². The van der Waals surface area contributed by atoms with E-state index in [4.69, 9.17) is 9.15 Å². The number of carbonyl (C=O) groups is 3. The summed E-state index contributed by atoms with van der Waals surface area (Å²) < 4.78 is 53.4. The molecule has 3 saturated heterocycles. The molecule has 2 atom stereocenters. The molecular weight excluding hydrogens is 722 g/mol. The molecule has 2 saturated carbocycles. The molecule has 0 N–H and O–H groups in total. The van der Waals surface area contributed by atoms with Crippen LogP contribution in [0.25, 0.3) is 0 Å². The van der Waals surface area contributed by atoms with Crippen molar-refractivity contribution in [1.82, 2.24) is 29.9 Å². The summed E-state index contributed by atoms with van der Waals surface area (Å²) >= 11 is 1.63. The first-order valence-electron chi connectivity index (χ1n) is 19.0. The average Bonchev–Trinajstić information content (AvgIpc) is 3.47. The lowest BCUT2D eigenvalue weighted by Gasteiger charge is -2.51. The quantitative estimate of drug-likeness (QED) is 0.214. The summed E-state index contributed by atoms with van der Waals surface area (Å²) in [7, 11) is 0. The molecule has 1 spiro atoms. The Labute approximate surface area is 315 Å². The minimum Gasteiger partial charge on any atom is -0.445 e. The van der Waals surface area contributed by atoms with Gasteiger partial charge in [0.25, 0.3) is 0 Å². The molecule has 3 aromatic rings. The largest absolute Gasteiger partial charge is 0.445 e. The standard InChI is InChI=1S/C39H45F3N6O5S/c1-2-19-52-36(51)47-21-29(37(22-47)23-48(24-37)35(50)38(14-15-38)39(40,41)42)31-44-45-32(53-31)30(27-10-8-26(9-11-27)25-6-4-3-5-7-25)34(49)46-17-12-28(13-18-46)33-43-16-20-54-33/h2,8-11,16,20,25,28-30H,1,3-7,12-15,17-19,21-24H2. The number of piperidine rings is 1. The molecular formula is C39H45F3N6O5S. The highest BCUT2D eigenvalue weighted by Crippen LogP contribution is 2.60. The van der Waals surface area contributed by atoms with Crippen molar-refractivity contribution in [2.45, 2.75) is 87.6 Å². The smallest absolute Gasteiger partial charge is 0.410 e. The van der Waals surface area contributed by atoms with E-state index >= 15 is 0 Å². The lowest BCUT2D eigenvalue weighted by Crippen LogP contribution is -2.64. The topological polar surface area (TPSA) is 122 Å². The van der Waals surface area contributed by atoms with E-state index in [1.54, 1.807) is 17.5 Å². The van der Waals surface area contributed by atoms with Crippen LogP contribution < -0.4 is 0 Å². The van der Waals surface area contributed by atoms with Gasteiger partial charge < -0.3 is 23.9 Å². The Balaban J connectivity index is 1.07. The van der Waals surface area contributed by atoms with E-state index in [1.807, 2.05) is 22.4 Å². The molecule has 1 aromatic carbocycles. The van der Waals surface area contributed by atoms with Crippen molar-refractivity contribution in [1.29, 1.82) is 0 Å². The zero-order chi connectivity index (χ0) is 37.7. The van der Waals surface area contributed by atoms with Crippen molar-refractivity contribution >= 4 is 29.2 Å². The molecule has 3 amide bonds. The van der Waals surface area contributed by atoms with Crippen LogP contribution in [-0.4, -0.2) is 99.8 Å². The van der Waals surface area contributed by atoms with Crippen LogP contribution >= 0.6 is 11.3 Å². The van der Waals surface area contributed by atoms with Crippen LogP contribution in [0.3, 0.4) is 0 Å². The molecule has 2 aliphatic carbocycles. The van der Waals surface area contributed by atoms with Crippen LogP contribution in [0.4, 0.5) is 18.0 Å². The summed E-state index contributed by atoms with van der Waals surface area (Å²) in [5.74, 6) is -1.49. The van der Waals surface area contributed by atoms with Crippen molar-refractivity contribution in [3.63, 3.8) is 0 Å². The van der Waals surface area contributed by atoms with Gasteiger partial charge in [-0.25, -0.2) is 9.78 Å². The fourth-order valence-electron chi connectivity index (χ4n) is 9.15. The number of thiazole rings is 1.